The van der Waals surface area contributed by atoms with Gasteiger partial charge in [-0.3, -0.25) is 4.79 Å². The molecule has 0 aliphatic carbocycles. The molecule has 7 heteroatoms. The first kappa shape index (κ1) is 20.9. The fourth-order valence-corrected chi connectivity index (χ4v) is 4.12. The predicted molar refractivity (Wildman–Crippen MR) is 118 cm³/mol. The molecule has 3 rings (SSSR count). The zero-order valence-corrected chi connectivity index (χ0v) is 18.3. The summed E-state index contributed by atoms with van der Waals surface area (Å²) in [6.45, 7) is 8.84. The molecule has 0 atom stereocenters. The first-order valence-corrected chi connectivity index (χ1v) is 10.5. The molecular weight excluding hydrogens is 384 g/mol. The Bertz CT molecular complexity index is 989. The van der Waals surface area contributed by atoms with Gasteiger partial charge in [0, 0.05) is 17.8 Å². The van der Waals surface area contributed by atoms with E-state index in [0.29, 0.717) is 6.54 Å². The third-order valence-electron chi connectivity index (χ3n) is 4.66. The van der Waals surface area contributed by atoms with Gasteiger partial charge in [0.2, 0.25) is 5.91 Å². The maximum Gasteiger partial charge on any atom is 0.234 e. The number of amides is 1. The number of anilines is 1. The van der Waals surface area contributed by atoms with Crippen LogP contribution in [0.4, 0.5) is 5.69 Å². The van der Waals surface area contributed by atoms with Gasteiger partial charge in [-0.1, -0.05) is 29.5 Å². The number of hydrogen-bond donors (Lipinski definition) is 1. The summed E-state index contributed by atoms with van der Waals surface area (Å²) in [5.74, 6) is 1.79. The summed E-state index contributed by atoms with van der Waals surface area (Å²) in [6.07, 6.45) is 0. The van der Waals surface area contributed by atoms with Gasteiger partial charge in [-0.05, 0) is 63.1 Å². The van der Waals surface area contributed by atoms with Crippen molar-refractivity contribution in [3.8, 4) is 17.1 Å². The Morgan fingerprint density at radius 3 is 2.34 bits per heavy atom. The zero-order chi connectivity index (χ0) is 21.0. The third-order valence-corrected chi connectivity index (χ3v) is 5.62. The zero-order valence-electron chi connectivity index (χ0n) is 17.4. The van der Waals surface area contributed by atoms with E-state index in [0.717, 1.165) is 39.1 Å². The number of carbonyl (C=O) groups excluding carboxylic acids is 1. The van der Waals surface area contributed by atoms with Crippen LogP contribution >= 0.6 is 11.8 Å². The molecule has 0 saturated carbocycles. The number of nitrogens with zero attached hydrogens (tertiary/aromatic N) is 3. The number of thioether (sulfide) groups is 1. The second kappa shape index (κ2) is 9.13. The fraction of sp³-hybridized carbons (Fsp3) is 0.318. The number of nitrogens with one attached hydrogen (secondary N) is 1. The van der Waals surface area contributed by atoms with E-state index in [-0.39, 0.29) is 11.7 Å². The van der Waals surface area contributed by atoms with Crippen LogP contribution in [-0.2, 0) is 11.3 Å². The number of aromatic nitrogens is 3. The van der Waals surface area contributed by atoms with E-state index in [2.05, 4.69) is 34.6 Å². The van der Waals surface area contributed by atoms with Crippen molar-refractivity contribution in [2.24, 2.45) is 0 Å². The molecule has 1 N–H and O–H groups in total. The molecule has 0 bridgehead atoms. The van der Waals surface area contributed by atoms with E-state index < -0.39 is 0 Å². The van der Waals surface area contributed by atoms with Crippen molar-refractivity contribution < 1.29 is 9.53 Å². The molecule has 0 saturated heterocycles. The van der Waals surface area contributed by atoms with Gasteiger partial charge < -0.3 is 14.6 Å². The van der Waals surface area contributed by atoms with E-state index in [1.165, 1.54) is 17.3 Å². The lowest BCUT2D eigenvalue weighted by Gasteiger charge is -2.13. The van der Waals surface area contributed by atoms with Crippen LogP contribution in [-0.4, -0.2) is 33.5 Å². The Balaban J connectivity index is 1.71. The van der Waals surface area contributed by atoms with Crippen LogP contribution in [0, 0.1) is 20.8 Å². The lowest BCUT2D eigenvalue weighted by atomic mass is 10.1. The minimum Gasteiger partial charge on any atom is -0.497 e. The average Bonchev–Trinajstić information content (AvgIpc) is 3.12. The molecule has 0 fully saturated rings. The maximum atomic E-state index is 12.5. The van der Waals surface area contributed by atoms with Gasteiger partial charge in [-0.2, -0.15) is 0 Å². The van der Waals surface area contributed by atoms with Gasteiger partial charge in [0.1, 0.15) is 5.75 Å². The highest BCUT2D eigenvalue weighted by Gasteiger charge is 2.15. The third kappa shape index (κ3) is 4.79. The summed E-state index contributed by atoms with van der Waals surface area (Å²) in [4.78, 5) is 12.5. The fourth-order valence-electron chi connectivity index (χ4n) is 3.32. The molecule has 3 aromatic rings. The smallest absolute Gasteiger partial charge is 0.234 e. The Morgan fingerprint density at radius 1 is 1.10 bits per heavy atom. The highest BCUT2D eigenvalue weighted by molar-refractivity contribution is 7.99. The lowest BCUT2D eigenvalue weighted by Crippen LogP contribution is -2.16. The average molecular weight is 411 g/mol. The van der Waals surface area contributed by atoms with Crippen LogP contribution in [0.5, 0.6) is 5.75 Å². The van der Waals surface area contributed by atoms with Crippen molar-refractivity contribution in [1.29, 1.82) is 0 Å². The number of rotatable bonds is 7. The van der Waals surface area contributed by atoms with Crippen LogP contribution in [0.15, 0.2) is 41.6 Å². The standard InChI is InChI=1S/C22H26N4O2S/c1-6-26-21(17-7-9-18(28-5)10-8-17)24-25-22(26)29-13-19(27)23-20-15(3)11-14(2)12-16(20)4/h7-12H,6,13H2,1-5H3,(H,23,27). The van der Waals surface area contributed by atoms with Crippen molar-refractivity contribution in [2.75, 3.05) is 18.2 Å². The molecular formula is C22H26N4O2S. The van der Waals surface area contributed by atoms with Gasteiger partial charge in [0.05, 0.1) is 12.9 Å². The number of hydrogen-bond acceptors (Lipinski definition) is 5. The van der Waals surface area contributed by atoms with E-state index in [1.807, 2.05) is 49.6 Å². The van der Waals surface area contributed by atoms with E-state index in [1.54, 1.807) is 7.11 Å². The molecule has 0 spiro atoms. The van der Waals surface area contributed by atoms with Gasteiger partial charge in [0.25, 0.3) is 0 Å². The Kier molecular flexibility index (Phi) is 6.59. The highest BCUT2D eigenvalue weighted by Crippen LogP contribution is 2.26. The minimum atomic E-state index is -0.0540. The van der Waals surface area contributed by atoms with Gasteiger partial charge in [-0.15, -0.1) is 10.2 Å². The second-order valence-electron chi connectivity index (χ2n) is 6.89. The van der Waals surface area contributed by atoms with Crippen molar-refractivity contribution in [3.05, 3.63) is 53.1 Å². The van der Waals surface area contributed by atoms with Crippen LogP contribution in [0.3, 0.4) is 0 Å². The molecule has 0 unspecified atom stereocenters. The molecule has 0 aliphatic heterocycles. The maximum absolute atomic E-state index is 12.5. The Morgan fingerprint density at radius 2 is 1.76 bits per heavy atom. The van der Waals surface area contributed by atoms with E-state index in [4.69, 9.17) is 4.74 Å². The number of carbonyl (C=O) groups is 1. The number of ether oxygens (including phenoxy) is 1. The summed E-state index contributed by atoms with van der Waals surface area (Å²) in [5.41, 5.74) is 5.17. The summed E-state index contributed by atoms with van der Waals surface area (Å²) in [5, 5.41) is 12.4. The van der Waals surface area contributed by atoms with Gasteiger partial charge in [0.15, 0.2) is 11.0 Å². The van der Waals surface area contributed by atoms with E-state index >= 15 is 0 Å². The number of benzene rings is 2. The van der Waals surface area contributed by atoms with Crippen LogP contribution in [0.25, 0.3) is 11.4 Å². The quantitative estimate of drug-likeness (QED) is 0.575. The first-order valence-electron chi connectivity index (χ1n) is 9.51. The molecule has 152 valence electrons. The summed E-state index contributed by atoms with van der Waals surface area (Å²) >= 11 is 1.39. The Hall–Kier alpha value is -2.80. The molecule has 1 heterocycles. The molecule has 1 aromatic heterocycles. The van der Waals surface area contributed by atoms with Gasteiger partial charge >= 0.3 is 0 Å². The summed E-state index contributed by atoms with van der Waals surface area (Å²) in [7, 11) is 1.64. The van der Waals surface area contributed by atoms with Crippen molar-refractivity contribution in [1.82, 2.24) is 14.8 Å². The van der Waals surface area contributed by atoms with Gasteiger partial charge in [-0.25, -0.2) is 0 Å². The van der Waals surface area contributed by atoms with Crippen molar-refractivity contribution in [3.63, 3.8) is 0 Å². The largest absolute Gasteiger partial charge is 0.497 e. The van der Waals surface area contributed by atoms with Crippen molar-refractivity contribution in [2.45, 2.75) is 39.4 Å². The second-order valence-corrected chi connectivity index (χ2v) is 7.83. The minimum absolute atomic E-state index is 0.0540. The molecule has 1 amide bonds. The van der Waals surface area contributed by atoms with Crippen LogP contribution in [0.2, 0.25) is 0 Å². The first-order chi connectivity index (χ1) is 13.9. The number of methoxy groups -OCH3 is 1. The van der Waals surface area contributed by atoms with Crippen molar-refractivity contribution >= 4 is 23.4 Å². The SMILES string of the molecule is CCn1c(SCC(=O)Nc2c(C)cc(C)cc2C)nnc1-c1ccc(OC)cc1. The number of aryl methyl sites for hydroxylation is 3. The molecule has 2 aromatic carbocycles. The monoisotopic (exact) mass is 410 g/mol. The molecule has 0 aliphatic rings. The molecule has 29 heavy (non-hydrogen) atoms. The van der Waals surface area contributed by atoms with Crippen LogP contribution < -0.4 is 10.1 Å². The Labute approximate surface area is 175 Å². The topological polar surface area (TPSA) is 69.0 Å². The normalized spacial score (nSPS) is 10.8. The van der Waals surface area contributed by atoms with E-state index in [9.17, 15) is 4.79 Å². The molecule has 6 nitrogen and oxygen atoms in total. The summed E-state index contributed by atoms with van der Waals surface area (Å²) < 4.78 is 7.23. The van der Waals surface area contributed by atoms with Crippen LogP contribution in [0.1, 0.15) is 23.6 Å². The summed E-state index contributed by atoms with van der Waals surface area (Å²) in [6, 6.07) is 11.9. The lowest BCUT2D eigenvalue weighted by molar-refractivity contribution is -0.113. The molecule has 0 radical (unpaired) electrons. The predicted octanol–water partition coefficient (Wildman–Crippen LogP) is 4.63. The highest BCUT2D eigenvalue weighted by atomic mass is 32.2.